The molecule has 0 unspecified atom stereocenters. The van der Waals surface area contributed by atoms with E-state index in [9.17, 15) is 9.59 Å². The number of carboxylic acid groups (broad SMARTS) is 1. The molecule has 0 aromatic heterocycles. The van der Waals surface area contributed by atoms with Crippen LogP contribution in [-0.2, 0) is 9.59 Å². The Morgan fingerprint density at radius 1 is 1.50 bits per heavy atom. The van der Waals surface area contributed by atoms with Crippen LogP contribution in [0.2, 0.25) is 0 Å². The van der Waals surface area contributed by atoms with Crippen LogP contribution in [0, 0.1) is 0 Å². The Kier molecular flexibility index (Phi) is 3.52. The molecule has 0 spiro atoms. The molecule has 0 aromatic rings. The number of thioether (sulfide) groups is 1. The van der Waals surface area contributed by atoms with Crippen LogP contribution < -0.4 is 0 Å². The average Bonchev–Trinajstić information content (AvgIpc) is 3.06. The predicted molar refractivity (Wildman–Crippen MR) is 76.2 cm³/mol. The van der Waals surface area contributed by atoms with Crippen LogP contribution in [0.15, 0.2) is 28.2 Å². The van der Waals surface area contributed by atoms with Crippen molar-refractivity contribution >= 4 is 28.8 Å². The van der Waals surface area contributed by atoms with E-state index in [0.29, 0.717) is 6.54 Å². The quantitative estimate of drug-likeness (QED) is 0.782. The molecule has 0 bridgehead atoms. The van der Waals surface area contributed by atoms with Gasteiger partial charge in [-0.3, -0.25) is 9.79 Å². The van der Waals surface area contributed by atoms with Gasteiger partial charge in [0.15, 0.2) is 5.17 Å². The number of nitrogens with zero attached hydrogens (tertiary/aromatic N) is 3. The molecule has 0 aromatic carbocycles. The molecule has 3 aliphatic heterocycles. The van der Waals surface area contributed by atoms with E-state index in [2.05, 4.69) is 9.89 Å². The van der Waals surface area contributed by atoms with E-state index < -0.39 is 12.0 Å². The third-order valence-electron chi connectivity index (χ3n) is 3.53. The Balaban J connectivity index is 1.67. The molecule has 3 heterocycles. The summed E-state index contributed by atoms with van der Waals surface area (Å²) >= 11 is 1.54. The average molecular weight is 293 g/mol. The Morgan fingerprint density at radius 3 is 3.15 bits per heavy atom. The van der Waals surface area contributed by atoms with Crippen LogP contribution in [0.3, 0.4) is 0 Å². The zero-order valence-corrected chi connectivity index (χ0v) is 11.7. The molecule has 3 rings (SSSR count). The lowest BCUT2D eigenvalue weighted by molar-refractivity contribution is -0.146. The second kappa shape index (κ2) is 5.32. The Labute approximate surface area is 120 Å². The first-order chi connectivity index (χ1) is 9.66. The van der Waals surface area contributed by atoms with Crippen molar-refractivity contribution in [1.29, 1.82) is 0 Å². The second-order valence-corrected chi connectivity index (χ2v) is 5.67. The number of carboxylic acids is 1. The molecular weight excluding hydrogens is 278 g/mol. The summed E-state index contributed by atoms with van der Waals surface area (Å²) in [5.41, 5.74) is 0.925. The highest BCUT2D eigenvalue weighted by Crippen LogP contribution is 2.31. The topological polar surface area (TPSA) is 73.2 Å². The number of hydrogen-bond acceptors (Lipinski definition) is 5. The number of aliphatic imine (C=N–C) groups is 1. The van der Waals surface area contributed by atoms with Crippen molar-refractivity contribution in [2.24, 2.45) is 4.99 Å². The van der Waals surface area contributed by atoms with Gasteiger partial charge in [-0.05, 0) is 11.8 Å². The normalized spacial score (nSPS) is 24.5. The van der Waals surface area contributed by atoms with Crippen LogP contribution in [0.1, 0.15) is 12.8 Å². The maximum absolute atomic E-state index is 12.3. The van der Waals surface area contributed by atoms with Crippen LogP contribution >= 0.6 is 11.8 Å². The number of amidine groups is 1. The van der Waals surface area contributed by atoms with Crippen LogP contribution in [-0.4, -0.2) is 57.6 Å². The van der Waals surface area contributed by atoms with Gasteiger partial charge in [0.2, 0.25) is 5.91 Å². The minimum atomic E-state index is -0.984. The summed E-state index contributed by atoms with van der Waals surface area (Å²) in [6.07, 6.45) is 4.50. The highest BCUT2D eigenvalue weighted by atomic mass is 32.2. The van der Waals surface area contributed by atoms with Gasteiger partial charge in [0.1, 0.15) is 6.04 Å². The standard InChI is InChI=1S/C13H15N3O3S/c17-11(16-5-1-3-10(16)12(18)19)7-9-8-20-13-14-4-2-6-15(9)13/h1,3,8,10H,2,4-7H2,(H,18,19)/t10-/m1/s1. The first kappa shape index (κ1) is 13.2. The maximum atomic E-state index is 12.3. The smallest absolute Gasteiger partial charge is 0.330 e. The molecule has 0 saturated carbocycles. The van der Waals surface area contributed by atoms with E-state index in [-0.39, 0.29) is 12.3 Å². The maximum Gasteiger partial charge on any atom is 0.330 e. The largest absolute Gasteiger partial charge is 0.479 e. The molecule has 1 atom stereocenters. The summed E-state index contributed by atoms with van der Waals surface area (Å²) in [6.45, 7) is 2.09. The summed E-state index contributed by atoms with van der Waals surface area (Å²) < 4.78 is 0. The fourth-order valence-corrected chi connectivity index (χ4v) is 3.48. The Hall–Kier alpha value is -1.76. The van der Waals surface area contributed by atoms with Gasteiger partial charge < -0.3 is 14.9 Å². The molecule has 6 nitrogen and oxygen atoms in total. The van der Waals surface area contributed by atoms with Gasteiger partial charge in [0.25, 0.3) is 0 Å². The molecular formula is C13H15N3O3S. The van der Waals surface area contributed by atoms with Gasteiger partial charge in [-0.25, -0.2) is 4.79 Å². The molecule has 0 fully saturated rings. The van der Waals surface area contributed by atoms with Gasteiger partial charge in [0.05, 0.1) is 6.42 Å². The van der Waals surface area contributed by atoms with Gasteiger partial charge in [-0.15, -0.1) is 0 Å². The lowest BCUT2D eigenvalue weighted by atomic mass is 10.2. The molecule has 1 amide bonds. The highest BCUT2D eigenvalue weighted by Gasteiger charge is 2.33. The van der Waals surface area contributed by atoms with Crippen molar-refractivity contribution in [2.75, 3.05) is 19.6 Å². The summed E-state index contributed by atoms with van der Waals surface area (Å²) in [6, 6.07) is -0.827. The first-order valence-electron chi connectivity index (χ1n) is 6.53. The SMILES string of the molecule is O=C(O)[C@H]1C=CCN1C(=O)CC1=CSC2=NCCCN12. The molecule has 0 saturated heterocycles. The van der Waals surface area contributed by atoms with Gasteiger partial charge >= 0.3 is 5.97 Å². The van der Waals surface area contributed by atoms with E-state index in [1.54, 1.807) is 12.2 Å². The van der Waals surface area contributed by atoms with E-state index in [1.165, 1.54) is 16.7 Å². The minimum absolute atomic E-state index is 0.152. The third kappa shape index (κ3) is 2.33. The molecule has 0 aliphatic carbocycles. The fraction of sp³-hybridized carbons (Fsp3) is 0.462. The number of carbonyl (C=O) groups is 2. The van der Waals surface area contributed by atoms with Crippen molar-refractivity contribution < 1.29 is 14.7 Å². The number of carbonyl (C=O) groups excluding carboxylic acids is 1. The molecule has 3 aliphatic rings. The summed E-state index contributed by atoms with van der Waals surface area (Å²) in [4.78, 5) is 31.3. The molecule has 0 radical (unpaired) electrons. The zero-order chi connectivity index (χ0) is 14.1. The van der Waals surface area contributed by atoms with Crippen molar-refractivity contribution in [2.45, 2.75) is 18.9 Å². The Bertz CT molecular complexity index is 541. The number of amides is 1. The van der Waals surface area contributed by atoms with E-state index in [1.807, 2.05) is 5.41 Å². The van der Waals surface area contributed by atoms with Crippen molar-refractivity contribution in [3.8, 4) is 0 Å². The van der Waals surface area contributed by atoms with E-state index in [4.69, 9.17) is 5.11 Å². The first-order valence-corrected chi connectivity index (χ1v) is 7.41. The van der Waals surface area contributed by atoms with Gasteiger partial charge in [0, 0.05) is 25.3 Å². The fourth-order valence-electron chi connectivity index (χ4n) is 2.52. The van der Waals surface area contributed by atoms with Crippen LogP contribution in [0.4, 0.5) is 0 Å². The van der Waals surface area contributed by atoms with Crippen molar-refractivity contribution in [3.05, 3.63) is 23.3 Å². The molecule has 7 heteroatoms. The van der Waals surface area contributed by atoms with Gasteiger partial charge in [-0.1, -0.05) is 23.9 Å². The number of hydrogen-bond donors (Lipinski definition) is 1. The predicted octanol–water partition coefficient (Wildman–Crippen LogP) is 0.878. The van der Waals surface area contributed by atoms with Gasteiger partial charge in [-0.2, -0.15) is 0 Å². The highest BCUT2D eigenvalue weighted by molar-refractivity contribution is 8.16. The molecule has 1 N–H and O–H groups in total. The summed E-state index contributed by atoms with van der Waals surface area (Å²) in [5.74, 6) is -1.14. The van der Waals surface area contributed by atoms with E-state index in [0.717, 1.165) is 30.4 Å². The summed E-state index contributed by atoms with van der Waals surface area (Å²) in [5, 5.41) is 12.0. The summed E-state index contributed by atoms with van der Waals surface area (Å²) in [7, 11) is 0. The number of rotatable bonds is 3. The minimum Gasteiger partial charge on any atom is -0.479 e. The van der Waals surface area contributed by atoms with E-state index >= 15 is 0 Å². The molecule has 106 valence electrons. The number of fused-ring (bicyclic) bond motifs is 1. The molecule has 20 heavy (non-hydrogen) atoms. The number of aliphatic carboxylic acids is 1. The lowest BCUT2D eigenvalue weighted by Crippen LogP contribution is -2.42. The van der Waals surface area contributed by atoms with Crippen LogP contribution in [0.5, 0.6) is 0 Å². The van der Waals surface area contributed by atoms with Crippen LogP contribution in [0.25, 0.3) is 0 Å². The van der Waals surface area contributed by atoms with Crippen molar-refractivity contribution in [3.63, 3.8) is 0 Å². The zero-order valence-electron chi connectivity index (χ0n) is 10.9. The lowest BCUT2D eigenvalue weighted by Gasteiger charge is -2.27. The third-order valence-corrected chi connectivity index (χ3v) is 4.48. The Morgan fingerprint density at radius 2 is 2.35 bits per heavy atom. The monoisotopic (exact) mass is 293 g/mol. The second-order valence-electron chi connectivity index (χ2n) is 4.83. The van der Waals surface area contributed by atoms with Crippen molar-refractivity contribution in [1.82, 2.24) is 9.80 Å².